The van der Waals surface area contributed by atoms with Crippen molar-refractivity contribution in [2.75, 3.05) is 5.32 Å². The maximum atomic E-state index is 12.4. The molecule has 8 nitrogen and oxygen atoms in total. The Morgan fingerprint density at radius 2 is 1.96 bits per heavy atom. The minimum Gasteiger partial charge on any atom is -0.294 e. The van der Waals surface area contributed by atoms with Crippen molar-refractivity contribution < 1.29 is 4.79 Å². The number of hydrogen-bond acceptors (Lipinski definition) is 7. The zero-order chi connectivity index (χ0) is 18.1. The molecule has 3 heterocycles. The molecule has 130 valence electrons. The summed E-state index contributed by atoms with van der Waals surface area (Å²) in [6.45, 7) is 3.92. The van der Waals surface area contributed by atoms with Gasteiger partial charge in [-0.3, -0.25) is 10.1 Å². The van der Waals surface area contributed by atoms with Crippen molar-refractivity contribution in [3.63, 3.8) is 0 Å². The molecule has 1 aromatic carbocycles. The number of rotatable bonds is 4. The molecule has 0 bridgehead atoms. The highest BCUT2D eigenvalue weighted by Gasteiger charge is 2.16. The van der Waals surface area contributed by atoms with Crippen LogP contribution in [0.3, 0.4) is 0 Å². The number of aryl methyl sites for hydroxylation is 2. The highest BCUT2D eigenvalue weighted by Crippen LogP contribution is 2.19. The van der Waals surface area contributed by atoms with Gasteiger partial charge in [-0.15, -0.1) is 15.3 Å². The van der Waals surface area contributed by atoms with Gasteiger partial charge in [0.2, 0.25) is 11.0 Å². The van der Waals surface area contributed by atoms with E-state index in [1.165, 1.54) is 21.4 Å². The van der Waals surface area contributed by atoms with Crippen LogP contribution in [0.15, 0.2) is 36.5 Å². The van der Waals surface area contributed by atoms with Gasteiger partial charge in [0.1, 0.15) is 5.01 Å². The summed E-state index contributed by atoms with van der Waals surface area (Å²) in [4.78, 5) is 20.6. The quantitative estimate of drug-likeness (QED) is 0.596. The van der Waals surface area contributed by atoms with Crippen molar-refractivity contribution >= 4 is 28.2 Å². The third kappa shape index (κ3) is 3.29. The fraction of sp³-hybridized carbons (Fsp3) is 0.176. The number of hydrogen-bond donors (Lipinski definition) is 1. The van der Waals surface area contributed by atoms with Crippen LogP contribution in [0, 0.1) is 13.8 Å². The van der Waals surface area contributed by atoms with Crippen molar-refractivity contribution in [1.82, 2.24) is 29.8 Å². The van der Waals surface area contributed by atoms with Crippen LogP contribution in [0.5, 0.6) is 0 Å². The summed E-state index contributed by atoms with van der Waals surface area (Å²) >= 11 is 1.33. The first-order chi connectivity index (χ1) is 12.6. The lowest BCUT2D eigenvalue weighted by Gasteiger charge is -1.98. The van der Waals surface area contributed by atoms with E-state index in [1.54, 1.807) is 12.3 Å². The Labute approximate surface area is 153 Å². The Bertz CT molecular complexity index is 1080. The van der Waals surface area contributed by atoms with Gasteiger partial charge in [0.25, 0.3) is 11.7 Å². The molecule has 0 atom stereocenters. The van der Waals surface area contributed by atoms with Crippen molar-refractivity contribution in [2.24, 2.45) is 0 Å². The van der Waals surface area contributed by atoms with E-state index >= 15 is 0 Å². The number of anilines is 1. The standard InChI is InChI=1S/C17H15N7OS/c1-10-3-5-12(6-4-10)9-13-21-22-17(26-13)20-15(25)14-19-16-18-8-7-11(2)24(16)23-14/h3-8H,9H2,1-2H3,(H,20,22,25). The van der Waals surface area contributed by atoms with E-state index in [0.29, 0.717) is 17.3 Å². The van der Waals surface area contributed by atoms with E-state index in [0.717, 1.165) is 16.3 Å². The molecule has 0 aliphatic rings. The lowest BCUT2D eigenvalue weighted by Crippen LogP contribution is -2.13. The molecular formula is C17H15N7OS. The fourth-order valence-electron chi connectivity index (χ4n) is 2.41. The number of fused-ring (bicyclic) bond motifs is 1. The predicted molar refractivity (Wildman–Crippen MR) is 97.4 cm³/mol. The van der Waals surface area contributed by atoms with Crippen LogP contribution in [0.25, 0.3) is 5.78 Å². The smallest absolute Gasteiger partial charge is 0.294 e. The molecule has 0 aliphatic carbocycles. The van der Waals surface area contributed by atoms with Gasteiger partial charge in [-0.2, -0.15) is 4.98 Å². The fourth-order valence-corrected chi connectivity index (χ4v) is 3.18. The van der Waals surface area contributed by atoms with Crippen molar-refractivity contribution in [1.29, 1.82) is 0 Å². The van der Waals surface area contributed by atoms with Gasteiger partial charge in [-0.1, -0.05) is 41.2 Å². The third-order valence-electron chi connectivity index (χ3n) is 3.80. The van der Waals surface area contributed by atoms with Gasteiger partial charge in [0.15, 0.2) is 0 Å². The van der Waals surface area contributed by atoms with Crippen LogP contribution in [0.4, 0.5) is 5.13 Å². The van der Waals surface area contributed by atoms with Crippen molar-refractivity contribution in [3.05, 3.63) is 64.2 Å². The minimum atomic E-state index is -0.437. The molecule has 4 aromatic rings. The number of aromatic nitrogens is 6. The SMILES string of the molecule is Cc1ccc(Cc2nnc(NC(=O)c3nc4nccc(C)n4n3)s2)cc1. The highest BCUT2D eigenvalue weighted by molar-refractivity contribution is 7.15. The number of nitrogens with one attached hydrogen (secondary N) is 1. The maximum absolute atomic E-state index is 12.4. The summed E-state index contributed by atoms with van der Waals surface area (Å²) in [5, 5.41) is 16.3. The molecule has 3 aromatic heterocycles. The maximum Gasteiger partial charge on any atom is 0.297 e. The van der Waals surface area contributed by atoms with Crippen LogP contribution >= 0.6 is 11.3 Å². The van der Waals surface area contributed by atoms with Crippen molar-refractivity contribution in [2.45, 2.75) is 20.3 Å². The van der Waals surface area contributed by atoms with Gasteiger partial charge in [-0.25, -0.2) is 9.50 Å². The van der Waals surface area contributed by atoms with Crippen LogP contribution in [-0.4, -0.2) is 35.7 Å². The lowest BCUT2D eigenvalue weighted by atomic mass is 10.1. The van der Waals surface area contributed by atoms with Gasteiger partial charge in [0, 0.05) is 18.3 Å². The molecule has 0 aliphatic heterocycles. The molecule has 1 N–H and O–H groups in total. The molecule has 9 heteroatoms. The van der Waals surface area contributed by atoms with E-state index < -0.39 is 5.91 Å². The molecule has 26 heavy (non-hydrogen) atoms. The monoisotopic (exact) mass is 365 g/mol. The average molecular weight is 365 g/mol. The summed E-state index contributed by atoms with van der Waals surface area (Å²) in [5.74, 6) is -0.0116. The van der Waals surface area contributed by atoms with Crippen LogP contribution in [0.1, 0.15) is 32.4 Å². The average Bonchev–Trinajstić information content (AvgIpc) is 3.25. The summed E-state index contributed by atoms with van der Waals surface area (Å²) in [7, 11) is 0. The summed E-state index contributed by atoms with van der Waals surface area (Å²) in [6.07, 6.45) is 2.30. The molecule has 0 spiro atoms. The van der Waals surface area contributed by atoms with Gasteiger partial charge in [0.05, 0.1) is 0 Å². The topological polar surface area (TPSA) is 98.0 Å². The summed E-state index contributed by atoms with van der Waals surface area (Å²) in [5.41, 5.74) is 3.20. The lowest BCUT2D eigenvalue weighted by molar-refractivity contribution is 0.101. The number of carbonyl (C=O) groups is 1. The van der Waals surface area contributed by atoms with E-state index in [1.807, 2.05) is 13.8 Å². The summed E-state index contributed by atoms with van der Waals surface area (Å²) in [6, 6.07) is 10.0. The molecule has 1 amide bonds. The second-order valence-electron chi connectivity index (χ2n) is 5.85. The van der Waals surface area contributed by atoms with Crippen molar-refractivity contribution in [3.8, 4) is 0 Å². The molecular weight excluding hydrogens is 350 g/mol. The zero-order valence-electron chi connectivity index (χ0n) is 14.2. The first kappa shape index (κ1) is 16.3. The minimum absolute atomic E-state index is 0.0436. The number of carbonyl (C=O) groups excluding carboxylic acids is 1. The largest absolute Gasteiger partial charge is 0.297 e. The zero-order valence-corrected chi connectivity index (χ0v) is 15.0. The normalized spacial score (nSPS) is 11.0. The molecule has 0 unspecified atom stereocenters. The van der Waals surface area contributed by atoms with E-state index in [9.17, 15) is 4.79 Å². The Balaban J connectivity index is 1.48. The van der Waals surface area contributed by atoms with Gasteiger partial charge in [-0.05, 0) is 25.5 Å². The van der Waals surface area contributed by atoms with Crippen LogP contribution in [0.2, 0.25) is 0 Å². The van der Waals surface area contributed by atoms with Crippen LogP contribution < -0.4 is 5.32 Å². The highest BCUT2D eigenvalue weighted by atomic mass is 32.1. The van der Waals surface area contributed by atoms with Crippen LogP contribution in [-0.2, 0) is 6.42 Å². The second-order valence-corrected chi connectivity index (χ2v) is 6.91. The first-order valence-corrected chi connectivity index (χ1v) is 8.78. The van der Waals surface area contributed by atoms with Gasteiger partial charge >= 0.3 is 0 Å². The molecule has 0 radical (unpaired) electrons. The van der Waals surface area contributed by atoms with E-state index in [4.69, 9.17) is 0 Å². The molecule has 0 fully saturated rings. The summed E-state index contributed by atoms with van der Waals surface area (Å²) < 4.78 is 1.53. The Morgan fingerprint density at radius 1 is 1.15 bits per heavy atom. The van der Waals surface area contributed by atoms with Gasteiger partial charge < -0.3 is 0 Å². The number of benzene rings is 1. The Kier molecular flexibility index (Phi) is 4.13. The number of amides is 1. The Hall–Kier alpha value is -3.20. The predicted octanol–water partition coefficient (Wildman–Crippen LogP) is 2.44. The van der Waals surface area contributed by atoms with E-state index in [2.05, 4.69) is 54.8 Å². The van der Waals surface area contributed by atoms with E-state index in [-0.39, 0.29) is 5.82 Å². The molecule has 0 saturated heterocycles. The second kappa shape index (κ2) is 6.60. The molecule has 4 rings (SSSR count). The third-order valence-corrected chi connectivity index (χ3v) is 4.63. The Morgan fingerprint density at radius 3 is 2.73 bits per heavy atom. The molecule has 0 saturated carbocycles. The number of nitrogens with zero attached hydrogens (tertiary/aromatic N) is 6. The first-order valence-electron chi connectivity index (χ1n) is 7.96.